The summed E-state index contributed by atoms with van der Waals surface area (Å²) in [5, 5.41) is 0. The highest BCUT2D eigenvalue weighted by atomic mass is 16.5. The molecule has 0 aromatic carbocycles. The van der Waals surface area contributed by atoms with Gasteiger partial charge in [-0.1, -0.05) is 0 Å². The summed E-state index contributed by atoms with van der Waals surface area (Å²) < 4.78 is 5.33. The minimum Gasteiger partial charge on any atom is -0.377 e. The van der Waals surface area contributed by atoms with Gasteiger partial charge in [0, 0.05) is 19.2 Å². The topological polar surface area (TPSA) is 75.0 Å². The molecule has 0 amide bonds. The van der Waals surface area contributed by atoms with Crippen molar-refractivity contribution in [3.05, 3.63) is 32.6 Å². The number of H-pyrrole nitrogens is 2. The van der Waals surface area contributed by atoms with Crippen molar-refractivity contribution in [2.24, 2.45) is 0 Å². The number of hydrogen-bond acceptors (Lipinski definition) is 3. The maximum atomic E-state index is 11.3. The van der Waals surface area contributed by atoms with Gasteiger partial charge in [0.1, 0.15) is 0 Å². The highest BCUT2D eigenvalue weighted by molar-refractivity contribution is 5.01. The Morgan fingerprint density at radius 1 is 1.35 bits per heavy atom. The third-order valence-electron chi connectivity index (χ3n) is 2.17. The summed E-state index contributed by atoms with van der Waals surface area (Å²) >= 11 is 0. The molecule has 1 aromatic heterocycles. The van der Waals surface area contributed by atoms with Crippen LogP contribution < -0.4 is 11.2 Å². The van der Waals surface area contributed by atoms with E-state index in [0.717, 1.165) is 19.3 Å². The number of aromatic amines is 2. The quantitative estimate of drug-likeness (QED) is 0.566. The van der Waals surface area contributed by atoms with E-state index >= 15 is 0 Å². The Morgan fingerprint density at radius 2 is 2.18 bits per heavy atom. The Kier molecular flexibility index (Phi) is 5.83. The van der Waals surface area contributed by atoms with Crippen LogP contribution >= 0.6 is 0 Å². The fourth-order valence-corrected chi connectivity index (χ4v) is 1.27. The lowest BCUT2D eigenvalue weighted by atomic mass is 10.2. The van der Waals surface area contributed by atoms with Crippen LogP contribution in [0.4, 0.5) is 0 Å². The van der Waals surface area contributed by atoms with Crippen LogP contribution in [-0.2, 0) is 11.3 Å². The largest absolute Gasteiger partial charge is 0.377 e. The zero-order valence-electron chi connectivity index (χ0n) is 9.84. The van der Waals surface area contributed by atoms with Crippen LogP contribution in [0.1, 0.15) is 31.7 Å². The van der Waals surface area contributed by atoms with E-state index in [1.54, 1.807) is 0 Å². The predicted molar refractivity (Wildman–Crippen MR) is 64.6 cm³/mol. The molecule has 0 bridgehead atoms. The Bertz CT molecular complexity index is 505. The molecule has 5 nitrogen and oxygen atoms in total. The van der Waals surface area contributed by atoms with Crippen molar-refractivity contribution < 1.29 is 4.74 Å². The monoisotopic (exact) mass is 236 g/mol. The van der Waals surface area contributed by atoms with E-state index in [4.69, 9.17) is 4.74 Å². The van der Waals surface area contributed by atoms with Gasteiger partial charge in [0.05, 0.1) is 12.2 Å². The lowest BCUT2D eigenvalue weighted by molar-refractivity contribution is 0.116. The molecule has 0 saturated carbocycles. The molecule has 0 fully saturated rings. The van der Waals surface area contributed by atoms with Crippen molar-refractivity contribution in [3.8, 4) is 11.8 Å². The van der Waals surface area contributed by atoms with Crippen LogP contribution in [-0.4, -0.2) is 16.6 Å². The smallest absolute Gasteiger partial charge is 0.325 e. The molecule has 0 spiro atoms. The second kappa shape index (κ2) is 7.47. The number of unbranched alkanes of at least 4 members (excludes halogenated alkanes) is 2. The molecule has 92 valence electrons. The van der Waals surface area contributed by atoms with Crippen LogP contribution in [0.5, 0.6) is 0 Å². The fraction of sp³-hybridized carbons (Fsp3) is 0.500. The molecular weight excluding hydrogens is 220 g/mol. The molecular formula is C12H16N2O3. The summed E-state index contributed by atoms with van der Waals surface area (Å²) in [7, 11) is 0. The Morgan fingerprint density at radius 3 is 2.88 bits per heavy atom. The SMILES string of the molecule is CC#CCCCCOCc1c[nH]c(=O)[nH]c1=O. The number of hydrogen-bond donors (Lipinski definition) is 2. The van der Waals surface area contributed by atoms with Gasteiger partial charge in [-0.2, -0.15) is 0 Å². The first-order valence-electron chi connectivity index (χ1n) is 5.52. The maximum Gasteiger partial charge on any atom is 0.325 e. The summed E-state index contributed by atoms with van der Waals surface area (Å²) in [6.45, 7) is 2.62. The van der Waals surface area contributed by atoms with Crippen LogP contribution in [0.3, 0.4) is 0 Å². The molecule has 1 heterocycles. The molecule has 0 saturated heterocycles. The van der Waals surface area contributed by atoms with Crippen molar-refractivity contribution in [2.45, 2.75) is 32.8 Å². The first-order chi connectivity index (χ1) is 8.24. The maximum absolute atomic E-state index is 11.3. The third kappa shape index (κ3) is 5.18. The average molecular weight is 236 g/mol. The second-order valence-electron chi connectivity index (χ2n) is 3.53. The van der Waals surface area contributed by atoms with Gasteiger partial charge in [0.2, 0.25) is 0 Å². The van der Waals surface area contributed by atoms with Gasteiger partial charge in [-0.25, -0.2) is 4.79 Å². The van der Waals surface area contributed by atoms with E-state index in [2.05, 4.69) is 21.8 Å². The molecule has 2 N–H and O–H groups in total. The number of ether oxygens (including phenoxy) is 1. The van der Waals surface area contributed by atoms with Crippen molar-refractivity contribution in [1.82, 2.24) is 9.97 Å². The standard InChI is InChI=1S/C12H16N2O3/c1-2-3-4-5-6-7-17-9-10-8-13-12(16)14-11(10)15/h8H,4-7,9H2,1H3,(H2,13,14,15,16). The van der Waals surface area contributed by atoms with Gasteiger partial charge >= 0.3 is 5.69 Å². The molecule has 0 aliphatic heterocycles. The third-order valence-corrected chi connectivity index (χ3v) is 2.17. The van der Waals surface area contributed by atoms with Gasteiger partial charge in [0.25, 0.3) is 5.56 Å². The van der Waals surface area contributed by atoms with Gasteiger partial charge in [-0.3, -0.25) is 9.78 Å². The zero-order valence-corrected chi connectivity index (χ0v) is 9.84. The van der Waals surface area contributed by atoms with Crippen molar-refractivity contribution in [2.75, 3.05) is 6.61 Å². The van der Waals surface area contributed by atoms with E-state index in [0.29, 0.717) is 12.2 Å². The predicted octanol–water partition coefficient (Wildman–Crippen LogP) is 0.773. The number of rotatable bonds is 6. The number of nitrogens with one attached hydrogen (secondary N) is 2. The average Bonchev–Trinajstić information content (AvgIpc) is 2.30. The van der Waals surface area contributed by atoms with Crippen LogP contribution in [0.15, 0.2) is 15.8 Å². The normalized spacial score (nSPS) is 9.71. The summed E-state index contributed by atoms with van der Waals surface area (Å²) in [5.41, 5.74) is -0.472. The van der Waals surface area contributed by atoms with Gasteiger partial charge < -0.3 is 9.72 Å². The lowest BCUT2D eigenvalue weighted by Gasteiger charge is -2.02. The molecule has 1 aromatic rings. The molecule has 0 aliphatic rings. The van der Waals surface area contributed by atoms with Gasteiger partial charge in [0.15, 0.2) is 0 Å². The Labute approximate surface area is 99.2 Å². The van der Waals surface area contributed by atoms with Crippen molar-refractivity contribution >= 4 is 0 Å². The van der Waals surface area contributed by atoms with E-state index in [1.165, 1.54) is 6.20 Å². The van der Waals surface area contributed by atoms with Crippen molar-refractivity contribution in [3.63, 3.8) is 0 Å². The first kappa shape index (κ1) is 13.3. The summed E-state index contributed by atoms with van der Waals surface area (Å²) in [6, 6.07) is 0. The van der Waals surface area contributed by atoms with E-state index in [1.807, 2.05) is 6.92 Å². The Hall–Kier alpha value is -1.80. The highest BCUT2D eigenvalue weighted by Gasteiger charge is 1.99. The molecule has 0 unspecified atom stereocenters. The number of aromatic nitrogens is 2. The van der Waals surface area contributed by atoms with Crippen LogP contribution in [0, 0.1) is 11.8 Å². The van der Waals surface area contributed by atoms with Crippen LogP contribution in [0.25, 0.3) is 0 Å². The van der Waals surface area contributed by atoms with Crippen LogP contribution in [0.2, 0.25) is 0 Å². The second-order valence-corrected chi connectivity index (χ2v) is 3.53. The summed E-state index contributed by atoms with van der Waals surface area (Å²) in [6.07, 6.45) is 4.15. The van der Waals surface area contributed by atoms with Gasteiger partial charge in [-0.15, -0.1) is 11.8 Å². The summed E-state index contributed by atoms with van der Waals surface area (Å²) in [4.78, 5) is 26.6. The zero-order chi connectivity index (χ0) is 12.5. The highest BCUT2D eigenvalue weighted by Crippen LogP contribution is 1.97. The lowest BCUT2D eigenvalue weighted by Crippen LogP contribution is -2.24. The minimum absolute atomic E-state index is 0.214. The Balaban J connectivity index is 2.24. The van der Waals surface area contributed by atoms with E-state index < -0.39 is 11.2 Å². The van der Waals surface area contributed by atoms with Gasteiger partial charge in [-0.05, 0) is 19.8 Å². The van der Waals surface area contributed by atoms with E-state index in [-0.39, 0.29) is 6.61 Å². The molecule has 1 rings (SSSR count). The van der Waals surface area contributed by atoms with Crippen molar-refractivity contribution in [1.29, 1.82) is 0 Å². The molecule has 5 heteroatoms. The molecule has 0 aliphatic carbocycles. The van der Waals surface area contributed by atoms with E-state index in [9.17, 15) is 9.59 Å². The fourth-order valence-electron chi connectivity index (χ4n) is 1.27. The minimum atomic E-state index is -0.503. The first-order valence-corrected chi connectivity index (χ1v) is 5.52. The molecule has 0 radical (unpaired) electrons. The molecule has 0 atom stereocenters. The molecule has 17 heavy (non-hydrogen) atoms. The summed E-state index contributed by atoms with van der Waals surface area (Å²) in [5.74, 6) is 5.80.